The van der Waals surface area contributed by atoms with Crippen molar-refractivity contribution < 1.29 is 19.4 Å². The maximum Gasteiger partial charge on any atom is 0.362 e. The Labute approximate surface area is 97.4 Å². The summed E-state index contributed by atoms with van der Waals surface area (Å²) in [4.78, 5) is 22.3. The molecule has 3 N–H and O–H groups in total. The summed E-state index contributed by atoms with van der Waals surface area (Å²) in [5, 5.41) is 16.0. The van der Waals surface area contributed by atoms with Crippen LogP contribution in [0.15, 0.2) is 0 Å². The molecule has 94 valence electrons. The maximum atomic E-state index is 11.4. The zero-order valence-corrected chi connectivity index (χ0v) is 9.58. The highest BCUT2D eigenvalue weighted by Gasteiger charge is 2.26. The largest absolute Gasteiger partial charge is 0.480 e. The van der Waals surface area contributed by atoms with Gasteiger partial charge in [0, 0.05) is 0 Å². The second kappa shape index (κ2) is 5.28. The van der Waals surface area contributed by atoms with E-state index in [4.69, 9.17) is 15.6 Å². The smallest absolute Gasteiger partial charge is 0.362 e. The van der Waals surface area contributed by atoms with Crippen LogP contribution in [0.25, 0.3) is 0 Å². The van der Waals surface area contributed by atoms with Crippen LogP contribution in [0, 0.1) is 0 Å². The SMILES string of the molecule is CCOC(=O)c1nnn(C(CC)C(=O)O)c1N. The molecule has 1 aromatic rings. The predicted molar refractivity (Wildman–Crippen MR) is 57.4 cm³/mol. The molecule has 1 aromatic heterocycles. The van der Waals surface area contributed by atoms with Crippen molar-refractivity contribution in [1.29, 1.82) is 0 Å². The van der Waals surface area contributed by atoms with Gasteiger partial charge >= 0.3 is 11.9 Å². The topological polar surface area (TPSA) is 120 Å². The van der Waals surface area contributed by atoms with E-state index in [1.807, 2.05) is 0 Å². The summed E-state index contributed by atoms with van der Waals surface area (Å²) in [6, 6.07) is -0.939. The molecule has 0 aliphatic heterocycles. The average molecular weight is 242 g/mol. The number of hydrogen-bond acceptors (Lipinski definition) is 6. The van der Waals surface area contributed by atoms with Crippen LogP contribution in [0.1, 0.15) is 36.8 Å². The first kappa shape index (κ1) is 12.9. The third-order valence-corrected chi connectivity index (χ3v) is 2.17. The maximum absolute atomic E-state index is 11.4. The van der Waals surface area contributed by atoms with Crippen molar-refractivity contribution in [3.63, 3.8) is 0 Å². The first-order valence-electron chi connectivity index (χ1n) is 5.13. The summed E-state index contributed by atoms with van der Waals surface area (Å²) in [5.74, 6) is -1.89. The number of anilines is 1. The molecule has 0 saturated heterocycles. The van der Waals surface area contributed by atoms with Crippen LogP contribution < -0.4 is 5.73 Å². The van der Waals surface area contributed by atoms with E-state index >= 15 is 0 Å². The zero-order chi connectivity index (χ0) is 13.0. The number of nitrogens with zero attached hydrogens (tertiary/aromatic N) is 3. The lowest BCUT2D eigenvalue weighted by atomic mass is 10.2. The molecule has 0 aliphatic rings. The number of nitrogens with two attached hydrogens (primary N) is 1. The Morgan fingerprint density at radius 3 is 2.65 bits per heavy atom. The van der Waals surface area contributed by atoms with Crippen molar-refractivity contribution in [2.45, 2.75) is 26.3 Å². The summed E-state index contributed by atoms with van der Waals surface area (Å²) in [6.45, 7) is 3.50. The Balaban J connectivity index is 3.05. The second-order valence-corrected chi connectivity index (χ2v) is 3.25. The summed E-state index contributed by atoms with van der Waals surface area (Å²) in [5.41, 5.74) is 5.46. The molecule has 0 fully saturated rings. The highest BCUT2D eigenvalue weighted by Crippen LogP contribution is 2.18. The minimum Gasteiger partial charge on any atom is -0.480 e. The van der Waals surface area contributed by atoms with E-state index in [0.717, 1.165) is 4.68 Å². The van der Waals surface area contributed by atoms with Crippen LogP contribution in [0.2, 0.25) is 0 Å². The van der Waals surface area contributed by atoms with Crippen molar-refractivity contribution >= 4 is 17.8 Å². The van der Waals surface area contributed by atoms with E-state index in [0.29, 0.717) is 0 Å². The van der Waals surface area contributed by atoms with Gasteiger partial charge in [-0.2, -0.15) is 0 Å². The lowest BCUT2D eigenvalue weighted by Gasteiger charge is -2.10. The van der Waals surface area contributed by atoms with E-state index in [9.17, 15) is 9.59 Å². The van der Waals surface area contributed by atoms with Crippen molar-refractivity contribution in [1.82, 2.24) is 15.0 Å². The molecule has 0 aromatic carbocycles. The Bertz CT molecular complexity index is 429. The standard InChI is InChI=1S/C9H14N4O4/c1-3-5(8(14)15)13-7(10)6(11-12-13)9(16)17-4-2/h5H,3-4,10H2,1-2H3,(H,14,15). The Kier molecular flexibility index (Phi) is 4.02. The molecular weight excluding hydrogens is 228 g/mol. The van der Waals surface area contributed by atoms with Crippen molar-refractivity contribution in [2.75, 3.05) is 12.3 Å². The van der Waals surface area contributed by atoms with Gasteiger partial charge in [0.05, 0.1) is 6.61 Å². The summed E-state index contributed by atoms with van der Waals surface area (Å²) >= 11 is 0. The number of nitrogen functional groups attached to an aromatic ring is 1. The monoisotopic (exact) mass is 242 g/mol. The fourth-order valence-electron chi connectivity index (χ4n) is 1.33. The molecule has 17 heavy (non-hydrogen) atoms. The number of carbonyl (C=O) groups is 2. The van der Waals surface area contributed by atoms with Crippen molar-refractivity contribution in [3.8, 4) is 0 Å². The van der Waals surface area contributed by atoms with Crippen LogP contribution in [-0.2, 0) is 9.53 Å². The molecule has 0 bridgehead atoms. The number of carbonyl (C=O) groups excluding carboxylic acids is 1. The molecule has 0 radical (unpaired) electrons. The van der Waals surface area contributed by atoms with Gasteiger partial charge in [-0.25, -0.2) is 14.3 Å². The zero-order valence-electron chi connectivity index (χ0n) is 9.58. The van der Waals surface area contributed by atoms with E-state index in [1.165, 1.54) is 0 Å². The lowest BCUT2D eigenvalue weighted by Crippen LogP contribution is -2.21. The van der Waals surface area contributed by atoms with Crippen LogP contribution in [-0.4, -0.2) is 38.6 Å². The summed E-state index contributed by atoms with van der Waals surface area (Å²) in [7, 11) is 0. The van der Waals surface area contributed by atoms with E-state index in [2.05, 4.69) is 10.3 Å². The number of ether oxygens (including phenoxy) is 1. The highest BCUT2D eigenvalue weighted by atomic mass is 16.5. The van der Waals surface area contributed by atoms with Gasteiger partial charge in [-0.15, -0.1) is 5.10 Å². The molecule has 1 unspecified atom stereocenters. The first-order valence-corrected chi connectivity index (χ1v) is 5.13. The average Bonchev–Trinajstić information content (AvgIpc) is 2.62. The molecule has 8 heteroatoms. The normalized spacial score (nSPS) is 12.1. The minimum absolute atomic E-state index is 0.0994. The molecular formula is C9H14N4O4. The highest BCUT2D eigenvalue weighted by molar-refractivity contribution is 5.92. The summed E-state index contributed by atoms with van der Waals surface area (Å²) in [6.07, 6.45) is 0.283. The van der Waals surface area contributed by atoms with Gasteiger partial charge in [0.1, 0.15) is 0 Å². The van der Waals surface area contributed by atoms with Crippen molar-refractivity contribution in [3.05, 3.63) is 5.69 Å². The molecule has 0 saturated carbocycles. The summed E-state index contributed by atoms with van der Waals surface area (Å²) < 4.78 is 5.72. The van der Waals surface area contributed by atoms with Gasteiger partial charge in [-0.05, 0) is 13.3 Å². The molecule has 8 nitrogen and oxygen atoms in total. The molecule has 0 spiro atoms. The van der Waals surface area contributed by atoms with Gasteiger partial charge in [-0.1, -0.05) is 12.1 Å². The second-order valence-electron chi connectivity index (χ2n) is 3.25. The number of carboxylic acid groups (broad SMARTS) is 1. The molecule has 0 aliphatic carbocycles. The molecule has 1 rings (SSSR count). The Morgan fingerprint density at radius 1 is 1.53 bits per heavy atom. The Hall–Kier alpha value is -2.12. The van der Waals surface area contributed by atoms with E-state index < -0.39 is 18.0 Å². The van der Waals surface area contributed by atoms with Gasteiger partial charge in [0.15, 0.2) is 11.9 Å². The van der Waals surface area contributed by atoms with Gasteiger partial charge in [-0.3, -0.25) is 0 Å². The number of carboxylic acids is 1. The third-order valence-electron chi connectivity index (χ3n) is 2.17. The Morgan fingerprint density at radius 2 is 2.18 bits per heavy atom. The van der Waals surface area contributed by atoms with E-state index in [-0.39, 0.29) is 24.5 Å². The van der Waals surface area contributed by atoms with Crippen LogP contribution in [0.4, 0.5) is 5.82 Å². The van der Waals surface area contributed by atoms with Gasteiger partial charge in [0.2, 0.25) is 5.69 Å². The third kappa shape index (κ3) is 2.52. The van der Waals surface area contributed by atoms with Crippen LogP contribution in [0.3, 0.4) is 0 Å². The van der Waals surface area contributed by atoms with Crippen LogP contribution in [0.5, 0.6) is 0 Å². The van der Waals surface area contributed by atoms with Crippen molar-refractivity contribution in [2.24, 2.45) is 0 Å². The fraction of sp³-hybridized carbons (Fsp3) is 0.556. The number of rotatable bonds is 5. The number of aliphatic carboxylic acids is 1. The fourth-order valence-corrected chi connectivity index (χ4v) is 1.33. The van der Waals surface area contributed by atoms with Crippen LogP contribution >= 0.6 is 0 Å². The molecule has 1 heterocycles. The quantitative estimate of drug-likeness (QED) is 0.701. The minimum atomic E-state index is -1.08. The first-order chi connectivity index (χ1) is 8.02. The molecule has 0 amide bonds. The van der Waals surface area contributed by atoms with Gasteiger partial charge < -0.3 is 15.6 Å². The predicted octanol–water partition coefficient (Wildman–Crippen LogP) is 0.0727. The molecule has 1 atom stereocenters. The van der Waals surface area contributed by atoms with E-state index in [1.54, 1.807) is 13.8 Å². The number of hydrogen-bond donors (Lipinski definition) is 2. The number of esters is 1. The lowest BCUT2D eigenvalue weighted by molar-refractivity contribution is -0.141. The van der Waals surface area contributed by atoms with Gasteiger partial charge in [0.25, 0.3) is 0 Å². The number of aromatic nitrogens is 3.